The van der Waals surface area contributed by atoms with E-state index in [1.807, 2.05) is 48.5 Å². The van der Waals surface area contributed by atoms with Gasteiger partial charge in [-0.3, -0.25) is 9.59 Å². The number of ether oxygens (including phenoxy) is 2. The van der Waals surface area contributed by atoms with E-state index < -0.39 is 5.92 Å². The molecule has 6 nitrogen and oxygen atoms in total. The number of amides is 2. The average molecular weight is 449 g/mol. The summed E-state index contributed by atoms with van der Waals surface area (Å²) in [6.45, 7) is 1.03. The van der Waals surface area contributed by atoms with Gasteiger partial charge in [-0.25, -0.2) is 0 Å². The van der Waals surface area contributed by atoms with Crippen LogP contribution in [0, 0.1) is 0 Å². The number of hydrogen-bond acceptors (Lipinski definition) is 4. The highest BCUT2D eigenvalue weighted by atomic mass is 35.5. The molecule has 0 fully saturated rings. The summed E-state index contributed by atoms with van der Waals surface area (Å²) in [6, 6.07) is 20.4. The van der Waals surface area contributed by atoms with Crippen molar-refractivity contribution in [3.8, 4) is 17.2 Å². The SMILES string of the molecule is O=C(NCCN1Cc2cc(Cl)ccc2OCC1=O)C1c2ccccc2Oc2ccccc21. The van der Waals surface area contributed by atoms with E-state index in [9.17, 15) is 9.59 Å². The first-order valence-corrected chi connectivity index (χ1v) is 10.8. The number of para-hydroxylation sites is 2. The van der Waals surface area contributed by atoms with Crippen molar-refractivity contribution in [3.05, 3.63) is 88.4 Å². The molecule has 0 atom stereocenters. The Morgan fingerprint density at radius 3 is 2.41 bits per heavy atom. The van der Waals surface area contributed by atoms with Crippen molar-refractivity contribution in [2.24, 2.45) is 0 Å². The fourth-order valence-corrected chi connectivity index (χ4v) is 4.34. The highest BCUT2D eigenvalue weighted by Crippen LogP contribution is 2.43. The van der Waals surface area contributed by atoms with Gasteiger partial charge in [0.2, 0.25) is 5.91 Å². The second kappa shape index (κ2) is 8.55. The second-order valence-corrected chi connectivity index (χ2v) is 8.19. The van der Waals surface area contributed by atoms with Crippen LogP contribution in [0.3, 0.4) is 0 Å². The lowest BCUT2D eigenvalue weighted by molar-refractivity contribution is -0.133. The van der Waals surface area contributed by atoms with Gasteiger partial charge in [0, 0.05) is 41.3 Å². The Balaban J connectivity index is 1.30. The van der Waals surface area contributed by atoms with Gasteiger partial charge in [-0.05, 0) is 30.3 Å². The van der Waals surface area contributed by atoms with Crippen molar-refractivity contribution >= 4 is 23.4 Å². The third-order valence-corrected chi connectivity index (χ3v) is 5.95. The Labute approximate surface area is 190 Å². The van der Waals surface area contributed by atoms with Crippen LogP contribution in [0.25, 0.3) is 0 Å². The van der Waals surface area contributed by atoms with E-state index in [1.54, 1.807) is 23.1 Å². The van der Waals surface area contributed by atoms with Crippen molar-refractivity contribution in [2.75, 3.05) is 19.7 Å². The smallest absolute Gasteiger partial charge is 0.260 e. The Bertz CT molecular complexity index is 1150. The molecule has 7 heteroatoms. The molecule has 0 radical (unpaired) electrons. The van der Waals surface area contributed by atoms with Gasteiger partial charge in [-0.15, -0.1) is 0 Å². The number of nitrogens with one attached hydrogen (secondary N) is 1. The Hall–Kier alpha value is -3.51. The topological polar surface area (TPSA) is 67.9 Å². The molecule has 0 bridgehead atoms. The first-order chi connectivity index (χ1) is 15.6. The summed E-state index contributed by atoms with van der Waals surface area (Å²) >= 11 is 6.10. The number of fused-ring (bicyclic) bond motifs is 3. The first-order valence-electron chi connectivity index (χ1n) is 10.4. The molecule has 0 spiro atoms. The molecule has 3 aromatic rings. The van der Waals surface area contributed by atoms with Crippen LogP contribution in [0.5, 0.6) is 17.2 Å². The highest BCUT2D eigenvalue weighted by Gasteiger charge is 2.32. The molecule has 0 saturated heterocycles. The zero-order valence-electron chi connectivity index (χ0n) is 17.2. The maximum Gasteiger partial charge on any atom is 0.260 e. The van der Waals surface area contributed by atoms with Gasteiger partial charge in [-0.1, -0.05) is 48.0 Å². The fraction of sp³-hybridized carbons (Fsp3) is 0.200. The Morgan fingerprint density at radius 1 is 1.00 bits per heavy atom. The predicted molar refractivity (Wildman–Crippen MR) is 120 cm³/mol. The lowest BCUT2D eigenvalue weighted by Crippen LogP contribution is -2.40. The summed E-state index contributed by atoms with van der Waals surface area (Å²) in [5.41, 5.74) is 2.50. The van der Waals surface area contributed by atoms with Gasteiger partial charge in [0.25, 0.3) is 5.91 Å². The van der Waals surface area contributed by atoms with Gasteiger partial charge in [0.15, 0.2) is 6.61 Å². The van der Waals surface area contributed by atoms with Crippen molar-refractivity contribution in [2.45, 2.75) is 12.5 Å². The normalized spacial score (nSPS) is 14.9. The van der Waals surface area contributed by atoms with E-state index in [4.69, 9.17) is 21.1 Å². The minimum atomic E-state index is -0.473. The zero-order chi connectivity index (χ0) is 22.1. The van der Waals surface area contributed by atoms with Crippen molar-refractivity contribution < 1.29 is 19.1 Å². The Morgan fingerprint density at radius 2 is 1.69 bits per heavy atom. The Kier molecular flexibility index (Phi) is 5.45. The van der Waals surface area contributed by atoms with Crippen LogP contribution >= 0.6 is 11.6 Å². The standard InChI is InChI=1S/C25H21ClN2O4/c26-17-9-10-20-16(13-17)14-28(23(29)15-31-20)12-11-27-25(30)24-18-5-1-3-7-21(18)32-22-8-4-2-6-19(22)24/h1-10,13,24H,11-12,14-15H2,(H,27,30). The van der Waals surface area contributed by atoms with E-state index in [0.29, 0.717) is 41.9 Å². The minimum absolute atomic E-state index is 0.0384. The summed E-state index contributed by atoms with van der Waals surface area (Å²) in [6.07, 6.45) is 0. The van der Waals surface area contributed by atoms with Crippen LogP contribution in [0.15, 0.2) is 66.7 Å². The van der Waals surface area contributed by atoms with Crippen LogP contribution in [-0.2, 0) is 16.1 Å². The number of carbonyl (C=O) groups is 2. The van der Waals surface area contributed by atoms with Crippen molar-refractivity contribution in [3.63, 3.8) is 0 Å². The van der Waals surface area contributed by atoms with Crippen LogP contribution in [-0.4, -0.2) is 36.4 Å². The first kappa shape index (κ1) is 20.4. The number of benzene rings is 3. The summed E-state index contributed by atoms with van der Waals surface area (Å²) in [4.78, 5) is 27.4. The number of hydrogen-bond donors (Lipinski definition) is 1. The molecule has 1 N–H and O–H groups in total. The van der Waals surface area contributed by atoms with Gasteiger partial charge in [0.05, 0.1) is 5.92 Å². The quantitative estimate of drug-likeness (QED) is 0.652. The molecular formula is C25H21ClN2O4. The molecule has 32 heavy (non-hydrogen) atoms. The molecule has 2 aliphatic heterocycles. The van der Waals surface area contributed by atoms with Crippen molar-refractivity contribution in [1.82, 2.24) is 10.2 Å². The molecule has 0 aromatic heterocycles. The molecule has 2 aliphatic rings. The number of rotatable bonds is 4. The fourth-order valence-electron chi connectivity index (χ4n) is 4.15. The van der Waals surface area contributed by atoms with Gasteiger partial charge < -0.3 is 19.7 Å². The van der Waals surface area contributed by atoms with E-state index in [1.165, 1.54) is 0 Å². The summed E-state index contributed by atoms with van der Waals surface area (Å²) in [7, 11) is 0. The number of halogens is 1. The molecule has 0 unspecified atom stereocenters. The van der Waals surface area contributed by atoms with E-state index in [-0.39, 0.29) is 18.4 Å². The van der Waals surface area contributed by atoms with Crippen molar-refractivity contribution in [1.29, 1.82) is 0 Å². The van der Waals surface area contributed by atoms with Crippen LogP contribution in [0.1, 0.15) is 22.6 Å². The lowest BCUT2D eigenvalue weighted by atomic mass is 9.87. The molecule has 2 heterocycles. The van der Waals surface area contributed by atoms with Gasteiger partial charge in [0.1, 0.15) is 17.2 Å². The summed E-state index contributed by atoms with van der Waals surface area (Å²) < 4.78 is 11.6. The maximum absolute atomic E-state index is 13.2. The van der Waals surface area contributed by atoms with E-state index >= 15 is 0 Å². The highest BCUT2D eigenvalue weighted by molar-refractivity contribution is 6.30. The second-order valence-electron chi connectivity index (χ2n) is 7.76. The monoisotopic (exact) mass is 448 g/mol. The molecule has 162 valence electrons. The molecule has 2 amide bonds. The molecular weight excluding hydrogens is 428 g/mol. The third-order valence-electron chi connectivity index (χ3n) is 5.71. The van der Waals surface area contributed by atoms with Crippen LogP contribution in [0.2, 0.25) is 5.02 Å². The largest absolute Gasteiger partial charge is 0.483 e. The van der Waals surface area contributed by atoms with Crippen LogP contribution < -0.4 is 14.8 Å². The van der Waals surface area contributed by atoms with Gasteiger partial charge >= 0.3 is 0 Å². The average Bonchev–Trinajstić information content (AvgIpc) is 2.95. The third kappa shape index (κ3) is 3.89. The van der Waals surface area contributed by atoms with E-state index in [2.05, 4.69) is 5.32 Å². The zero-order valence-corrected chi connectivity index (χ0v) is 18.0. The molecule has 5 rings (SSSR count). The predicted octanol–water partition coefficient (Wildman–Crippen LogP) is 4.12. The van der Waals surface area contributed by atoms with Crippen LogP contribution in [0.4, 0.5) is 0 Å². The molecule has 3 aromatic carbocycles. The lowest BCUT2D eigenvalue weighted by Gasteiger charge is -2.28. The minimum Gasteiger partial charge on any atom is -0.483 e. The summed E-state index contributed by atoms with van der Waals surface area (Å²) in [5.74, 6) is 1.28. The maximum atomic E-state index is 13.2. The molecule has 0 saturated carbocycles. The van der Waals surface area contributed by atoms with Gasteiger partial charge in [-0.2, -0.15) is 0 Å². The van der Waals surface area contributed by atoms with E-state index in [0.717, 1.165) is 16.7 Å². The summed E-state index contributed by atoms with van der Waals surface area (Å²) in [5, 5.41) is 3.59. The number of carbonyl (C=O) groups excluding carboxylic acids is 2. The molecule has 0 aliphatic carbocycles. The number of nitrogens with zero attached hydrogens (tertiary/aromatic N) is 1.